The fourth-order valence-corrected chi connectivity index (χ4v) is 3.12. The second-order valence-corrected chi connectivity index (χ2v) is 8.49. The lowest BCUT2D eigenvalue weighted by Gasteiger charge is -2.20. The fourth-order valence-electron chi connectivity index (χ4n) is 2.17. The predicted molar refractivity (Wildman–Crippen MR) is 108 cm³/mol. The van der Waals surface area contributed by atoms with Crippen molar-refractivity contribution >= 4 is 37.8 Å². The van der Waals surface area contributed by atoms with Gasteiger partial charge < -0.3 is 9.47 Å². The van der Waals surface area contributed by atoms with Crippen molar-refractivity contribution in [3.8, 4) is 11.5 Å². The zero-order valence-corrected chi connectivity index (χ0v) is 18.0. The maximum absolute atomic E-state index is 12.4. The first-order chi connectivity index (χ1) is 11.7. The van der Waals surface area contributed by atoms with Gasteiger partial charge in [-0.2, -0.15) is 0 Å². The van der Waals surface area contributed by atoms with Crippen LogP contribution in [0.4, 0.5) is 0 Å². The molecular weight excluding hydrogens is 448 g/mol. The van der Waals surface area contributed by atoms with E-state index >= 15 is 0 Å². The van der Waals surface area contributed by atoms with Gasteiger partial charge in [-0.3, -0.25) is 0 Å². The van der Waals surface area contributed by atoms with E-state index in [1.54, 1.807) is 18.2 Å². The lowest BCUT2D eigenvalue weighted by Crippen LogP contribution is -2.12. The number of rotatable bonds is 5. The van der Waals surface area contributed by atoms with Crippen molar-refractivity contribution in [1.82, 2.24) is 0 Å². The summed E-state index contributed by atoms with van der Waals surface area (Å²) < 4.78 is 12.6. The first-order valence-electron chi connectivity index (χ1n) is 8.17. The molecule has 0 unspecified atom stereocenters. The Balaban J connectivity index is 2.16. The second kappa shape index (κ2) is 8.37. The maximum Gasteiger partial charge on any atom is 0.343 e. The molecule has 25 heavy (non-hydrogen) atoms. The highest BCUT2D eigenvalue weighted by Gasteiger charge is 2.17. The lowest BCUT2D eigenvalue weighted by atomic mass is 9.87. The standard InChI is InChI=1S/C20H22Br2O3/c1-5-10-24-17-8-6-13(11-15(17)21)19(23)25-18-9-7-14(12-16(18)22)20(2,3)4/h6-9,11-12H,5,10H2,1-4H3. The van der Waals surface area contributed by atoms with Gasteiger partial charge in [0.2, 0.25) is 0 Å². The molecule has 0 aliphatic carbocycles. The van der Waals surface area contributed by atoms with Gasteiger partial charge in [-0.05, 0) is 79.6 Å². The highest BCUT2D eigenvalue weighted by molar-refractivity contribution is 9.10. The fraction of sp³-hybridized carbons (Fsp3) is 0.350. The molecule has 0 fully saturated rings. The summed E-state index contributed by atoms with van der Waals surface area (Å²) in [5.41, 5.74) is 1.66. The van der Waals surface area contributed by atoms with Crippen molar-refractivity contribution in [1.29, 1.82) is 0 Å². The summed E-state index contributed by atoms with van der Waals surface area (Å²) in [4.78, 5) is 12.4. The van der Waals surface area contributed by atoms with E-state index in [0.717, 1.165) is 15.4 Å². The predicted octanol–water partition coefficient (Wildman–Crippen LogP) is 6.52. The molecule has 0 amide bonds. The van der Waals surface area contributed by atoms with E-state index in [1.807, 2.05) is 25.1 Å². The smallest absolute Gasteiger partial charge is 0.343 e. The van der Waals surface area contributed by atoms with Gasteiger partial charge in [-0.1, -0.05) is 33.8 Å². The Kier molecular flexibility index (Phi) is 6.69. The molecule has 3 nitrogen and oxygen atoms in total. The molecule has 0 aliphatic rings. The lowest BCUT2D eigenvalue weighted by molar-refractivity contribution is 0.0733. The minimum Gasteiger partial charge on any atom is -0.492 e. The minimum absolute atomic E-state index is 0.0320. The largest absolute Gasteiger partial charge is 0.492 e. The zero-order chi connectivity index (χ0) is 18.6. The molecule has 2 rings (SSSR count). The minimum atomic E-state index is -0.410. The van der Waals surface area contributed by atoms with Crippen molar-refractivity contribution in [2.75, 3.05) is 6.61 Å². The summed E-state index contributed by atoms with van der Waals surface area (Å²) >= 11 is 6.92. The summed E-state index contributed by atoms with van der Waals surface area (Å²) in [6, 6.07) is 11.0. The van der Waals surface area contributed by atoms with E-state index in [-0.39, 0.29) is 5.41 Å². The maximum atomic E-state index is 12.4. The molecule has 0 saturated heterocycles. The van der Waals surface area contributed by atoms with Crippen LogP contribution in [0.5, 0.6) is 11.5 Å². The highest BCUT2D eigenvalue weighted by atomic mass is 79.9. The van der Waals surface area contributed by atoms with E-state index in [0.29, 0.717) is 23.7 Å². The first kappa shape index (κ1) is 20.0. The molecule has 0 atom stereocenters. The Morgan fingerprint density at radius 2 is 1.64 bits per heavy atom. The topological polar surface area (TPSA) is 35.5 Å². The van der Waals surface area contributed by atoms with E-state index < -0.39 is 5.97 Å². The molecule has 5 heteroatoms. The van der Waals surface area contributed by atoms with E-state index in [4.69, 9.17) is 9.47 Å². The van der Waals surface area contributed by atoms with Crippen LogP contribution in [0.15, 0.2) is 45.3 Å². The van der Waals surface area contributed by atoms with Gasteiger partial charge in [-0.15, -0.1) is 0 Å². The third-order valence-electron chi connectivity index (χ3n) is 3.63. The van der Waals surface area contributed by atoms with Crippen molar-refractivity contribution < 1.29 is 14.3 Å². The van der Waals surface area contributed by atoms with Crippen molar-refractivity contribution in [3.63, 3.8) is 0 Å². The van der Waals surface area contributed by atoms with Crippen LogP contribution in [0, 0.1) is 0 Å². The summed E-state index contributed by atoms with van der Waals surface area (Å²) in [6.45, 7) is 9.10. The van der Waals surface area contributed by atoms with Crippen LogP contribution in [-0.4, -0.2) is 12.6 Å². The summed E-state index contributed by atoms with van der Waals surface area (Å²) in [5, 5.41) is 0. The zero-order valence-electron chi connectivity index (χ0n) is 14.9. The molecule has 2 aromatic carbocycles. The van der Waals surface area contributed by atoms with Gasteiger partial charge in [0.25, 0.3) is 0 Å². The van der Waals surface area contributed by atoms with Crippen LogP contribution in [0.25, 0.3) is 0 Å². The Morgan fingerprint density at radius 1 is 1.00 bits per heavy atom. The molecule has 0 heterocycles. The normalized spacial score (nSPS) is 11.3. The first-order valence-corrected chi connectivity index (χ1v) is 9.75. The monoisotopic (exact) mass is 468 g/mol. The van der Waals surface area contributed by atoms with E-state index in [9.17, 15) is 4.79 Å². The third-order valence-corrected chi connectivity index (χ3v) is 4.87. The van der Waals surface area contributed by atoms with Crippen LogP contribution in [0.2, 0.25) is 0 Å². The quantitative estimate of drug-likeness (QED) is 0.369. The summed E-state index contributed by atoms with van der Waals surface area (Å²) in [6.07, 6.45) is 0.925. The average Bonchev–Trinajstić information content (AvgIpc) is 2.54. The van der Waals surface area contributed by atoms with Crippen molar-refractivity contribution in [3.05, 3.63) is 56.5 Å². The number of hydrogen-bond donors (Lipinski definition) is 0. The highest BCUT2D eigenvalue weighted by Crippen LogP contribution is 2.32. The van der Waals surface area contributed by atoms with Crippen LogP contribution < -0.4 is 9.47 Å². The Bertz CT molecular complexity index is 764. The molecule has 0 aromatic heterocycles. The van der Waals surface area contributed by atoms with Gasteiger partial charge >= 0.3 is 5.97 Å². The number of carbonyl (C=O) groups excluding carboxylic acids is 1. The molecular formula is C20H22Br2O3. The van der Waals surface area contributed by atoms with Crippen LogP contribution in [-0.2, 0) is 5.41 Å². The number of carbonyl (C=O) groups is 1. The molecule has 0 radical (unpaired) electrons. The van der Waals surface area contributed by atoms with E-state index in [1.165, 1.54) is 5.56 Å². The Morgan fingerprint density at radius 3 is 2.20 bits per heavy atom. The van der Waals surface area contributed by atoms with Gasteiger partial charge in [0.15, 0.2) is 0 Å². The second-order valence-electron chi connectivity index (χ2n) is 6.78. The Labute approximate surface area is 166 Å². The molecule has 0 bridgehead atoms. The Hall–Kier alpha value is -1.33. The molecule has 0 spiro atoms. The summed E-state index contributed by atoms with van der Waals surface area (Å²) in [5.74, 6) is 0.807. The molecule has 0 aliphatic heterocycles. The number of benzene rings is 2. The molecule has 2 aromatic rings. The van der Waals surface area contributed by atoms with Gasteiger partial charge in [0.05, 0.1) is 21.1 Å². The molecule has 0 saturated carbocycles. The van der Waals surface area contributed by atoms with Crippen LogP contribution in [0.3, 0.4) is 0 Å². The van der Waals surface area contributed by atoms with Gasteiger partial charge in [0.1, 0.15) is 11.5 Å². The number of esters is 1. The number of hydrogen-bond acceptors (Lipinski definition) is 3. The van der Waals surface area contributed by atoms with Crippen molar-refractivity contribution in [2.24, 2.45) is 0 Å². The van der Waals surface area contributed by atoms with Crippen molar-refractivity contribution in [2.45, 2.75) is 39.5 Å². The van der Waals surface area contributed by atoms with Gasteiger partial charge in [-0.25, -0.2) is 4.79 Å². The third kappa shape index (κ3) is 5.32. The van der Waals surface area contributed by atoms with E-state index in [2.05, 4.69) is 52.6 Å². The van der Waals surface area contributed by atoms with Gasteiger partial charge in [0, 0.05) is 0 Å². The average molecular weight is 470 g/mol. The summed E-state index contributed by atoms with van der Waals surface area (Å²) in [7, 11) is 0. The SMILES string of the molecule is CCCOc1ccc(C(=O)Oc2ccc(C(C)(C)C)cc2Br)cc1Br. The van der Waals surface area contributed by atoms with Crippen LogP contribution >= 0.6 is 31.9 Å². The van der Waals surface area contributed by atoms with Crippen LogP contribution in [0.1, 0.15) is 50.0 Å². The number of ether oxygens (including phenoxy) is 2. The number of halogens is 2. The molecule has 134 valence electrons. The molecule has 0 N–H and O–H groups in total.